The molecule has 0 radical (unpaired) electrons. The molecule has 1 aliphatic rings. The van der Waals surface area contributed by atoms with Gasteiger partial charge in [-0.2, -0.15) is 0 Å². The highest BCUT2D eigenvalue weighted by molar-refractivity contribution is 7.47. The molecule has 13 nitrogen and oxygen atoms in total. The van der Waals surface area contributed by atoms with Crippen LogP contribution in [0.25, 0.3) is 0 Å². The van der Waals surface area contributed by atoms with Crippen LogP contribution < -0.4 is 0 Å². The molecule has 0 bridgehead atoms. The summed E-state index contributed by atoms with van der Waals surface area (Å²) in [5.41, 5.74) is 0. The first-order chi connectivity index (χ1) is 25.9. The molecular formula is C40H75O13P. The number of ether oxygens (including phenoxy) is 2. The van der Waals surface area contributed by atoms with Gasteiger partial charge in [0.15, 0.2) is 6.10 Å². The first-order valence-electron chi connectivity index (χ1n) is 21.0. The molecule has 8 atom stereocenters. The summed E-state index contributed by atoms with van der Waals surface area (Å²) in [6.07, 6.45) is 17.1. The molecule has 0 heterocycles. The molecule has 54 heavy (non-hydrogen) atoms. The van der Waals surface area contributed by atoms with Crippen molar-refractivity contribution in [2.24, 2.45) is 0 Å². The second kappa shape index (κ2) is 31.6. The van der Waals surface area contributed by atoms with Crippen LogP contribution in [0.1, 0.15) is 174 Å². The second-order valence-corrected chi connectivity index (χ2v) is 16.3. The van der Waals surface area contributed by atoms with Crippen molar-refractivity contribution in [1.29, 1.82) is 0 Å². The van der Waals surface area contributed by atoms with E-state index in [1.54, 1.807) is 0 Å². The summed E-state index contributed by atoms with van der Waals surface area (Å²) in [6.45, 7) is 3.23. The minimum atomic E-state index is -5.11. The van der Waals surface area contributed by atoms with Gasteiger partial charge >= 0.3 is 19.8 Å². The van der Waals surface area contributed by atoms with E-state index in [9.17, 15) is 44.6 Å². The van der Waals surface area contributed by atoms with E-state index < -0.39 is 75.7 Å². The standard InChI is InChI=1S/C40H75O13P/c1-3-5-7-9-11-13-15-16-17-19-20-22-24-26-28-33(41)50-30-32(52-34(42)29-27-25-23-21-18-14-12-10-8-6-4-2)31-51-54(48,49)53-40-38(46)36(44)35(43)37(45)39(40)47/h10,12,32,35-40,43-47H,3-9,11,13-31H2,1-2H3,(H,48,49)/b12-10-/t32-,35?,36-,37?,38?,39?,40?/m1/s1. The van der Waals surface area contributed by atoms with Crippen LogP contribution in [0.3, 0.4) is 0 Å². The van der Waals surface area contributed by atoms with Gasteiger partial charge in [-0.15, -0.1) is 0 Å². The average Bonchev–Trinajstić information content (AvgIpc) is 3.15. The number of phosphoric acid groups is 1. The summed E-state index contributed by atoms with van der Waals surface area (Å²) in [4.78, 5) is 35.5. The van der Waals surface area contributed by atoms with Crippen LogP contribution in [0.4, 0.5) is 0 Å². The quantitative estimate of drug-likeness (QED) is 0.0166. The molecule has 1 aliphatic carbocycles. The van der Waals surface area contributed by atoms with Gasteiger partial charge in [-0.25, -0.2) is 4.57 Å². The zero-order valence-electron chi connectivity index (χ0n) is 33.3. The van der Waals surface area contributed by atoms with Gasteiger partial charge in [-0.3, -0.25) is 18.6 Å². The number of carbonyl (C=O) groups is 2. The zero-order chi connectivity index (χ0) is 40.0. The van der Waals surface area contributed by atoms with Crippen molar-refractivity contribution in [2.75, 3.05) is 13.2 Å². The Labute approximate surface area is 324 Å². The van der Waals surface area contributed by atoms with Crippen molar-refractivity contribution in [2.45, 2.75) is 217 Å². The third kappa shape index (κ3) is 24.3. The number of aliphatic hydroxyl groups is 5. The molecule has 0 aliphatic heterocycles. The Kier molecular flexibility index (Phi) is 29.7. The molecule has 318 valence electrons. The van der Waals surface area contributed by atoms with Crippen LogP contribution in [0.2, 0.25) is 0 Å². The van der Waals surface area contributed by atoms with Gasteiger partial charge in [-0.1, -0.05) is 142 Å². The van der Waals surface area contributed by atoms with E-state index in [4.69, 9.17) is 18.5 Å². The Balaban J connectivity index is 2.50. The van der Waals surface area contributed by atoms with Gasteiger partial charge in [0.1, 0.15) is 43.2 Å². The number of esters is 2. The van der Waals surface area contributed by atoms with Crippen LogP contribution in [0.5, 0.6) is 0 Å². The third-order valence-electron chi connectivity index (χ3n) is 9.86. The van der Waals surface area contributed by atoms with Crippen LogP contribution in [-0.2, 0) is 32.7 Å². The van der Waals surface area contributed by atoms with Crippen LogP contribution in [0.15, 0.2) is 12.2 Å². The fourth-order valence-corrected chi connectivity index (χ4v) is 7.36. The molecule has 0 spiro atoms. The smallest absolute Gasteiger partial charge is 0.462 e. The number of aliphatic hydroxyl groups excluding tert-OH is 5. The van der Waals surface area contributed by atoms with Gasteiger partial charge in [0.2, 0.25) is 0 Å². The summed E-state index contributed by atoms with van der Waals surface area (Å²) >= 11 is 0. The fraction of sp³-hybridized carbons (Fsp3) is 0.900. The Morgan fingerprint density at radius 3 is 1.46 bits per heavy atom. The van der Waals surface area contributed by atoms with Gasteiger partial charge < -0.3 is 39.9 Å². The Bertz CT molecular complexity index is 1010. The summed E-state index contributed by atoms with van der Waals surface area (Å²) in [5, 5.41) is 50.0. The number of hydrogen-bond donors (Lipinski definition) is 6. The Hall–Kier alpha value is -1.41. The van der Waals surface area contributed by atoms with Gasteiger partial charge in [-0.05, 0) is 32.1 Å². The third-order valence-corrected chi connectivity index (χ3v) is 10.8. The molecule has 6 unspecified atom stereocenters. The topological polar surface area (TPSA) is 210 Å². The van der Waals surface area contributed by atoms with Crippen molar-refractivity contribution < 1.29 is 63.1 Å². The number of carbonyl (C=O) groups excluding carboxylic acids is 2. The van der Waals surface area contributed by atoms with Gasteiger partial charge in [0, 0.05) is 12.8 Å². The monoisotopic (exact) mass is 794 g/mol. The SMILES string of the molecule is CCCC/C=C\CCCCCCCC(=O)O[C@H](COC(=O)CCCCCCCCCCCCCCCC)COP(=O)(O)OC1C(O)C(O)C(O)[C@@H](O)C1O. The molecule has 0 aromatic carbocycles. The Morgan fingerprint density at radius 1 is 0.556 bits per heavy atom. The zero-order valence-corrected chi connectivity index (χ0v) is 34.2. The lowest BCUT2D eigenvalue weighted by atomic mass is 9.85. The number of phosphoric ester groups is 1. The predicted molar refractivity (Wildman–Crippen MR) is 207 cm³/mol. The number of unbranched alkanes of at least 4 members (excludes halogenated alkanes) is 20. The highest BCUT2D eigenvalue weighted by Crippen LogP contribution is 2.47. The molecule has 0 aromatic heterocycles. The first kappa shape index (κ1) is 50.6. The second-order valence-electron chi connectivity index (χ2n) is 14.8. The highest BCUT2D eigenvalue weighted by atomic mass is 31.2. The lowest BCUT2D eigenvalue weighted by Crippen LogP contribution is -2.64. The summed E-state index contributed by atoms with van der Waals surface area (Å²) in [5.74, 6) is -1.11. The number of hydrogen-bond acceptors (Lipinski definition) is 12. The molecule has 0 aromatic rings. The average molecular weight is 795 g/mol. The van der Waals surface area contributed by atoms with Crippen molar-refractivity contribution >= 4 is 19.8 Å². The van der Waals surface area contributed by atoms with E-state index in [-0.39, 0.29) is 12.8 Å². The molecule has 0 saturated heterocycles. The van der Waals surface area contributed by atoms with Crippen LogP contribution in [0, 0.1) is 0 Å². The first-order valence-corrected chi connectivity index (χ1v) is 22.5. The van der Waals surface area contributed by atoms with Crippen LogP contribution in [-0.4, -0.2) is 98.3 Å². The number of rotatable bonds is 34. The molecule has 1 saturated carbocycles. The summed E-state index contributed by atoms with van der Waals surface area (Å²) in [6, 6.07) is 0. The van der Waals surface area contributed by atoms with Gasteiger partial charge in [0.25, 0.3) is 0 Å². The molecule has 1 rings (SSSR count). The lowest BCUT2D eigenvalue weighted by molar-refractivity contribution is -0.220. The van der Waals surface area contributed by atoms with E-state index in [2.05, 4.69) is 26.0 Å². The van der Waals surface area contributed by atoms with Crippen molar-refractivity contribution in [3.8, 4) is 0 Å². The maximum atomic E-state index is 12.8. The molecular weight excluding hydrogens is 719 g/mol. The lowest BCUT2D eigenvalue weighted by Gasteiger charge is -2.41. The van der Waals surface area contributed by atoms with E-state index in [0.717, 1.165) is 57.8 Å². The fourth-order valence-electron chi connectivity index (χ4n) is 6.39. The van der Waals surface area contributed by atoms with Gasteiger partial charge in [0.05, 0.1) is 6.61 Å². The van der Waals surface area contributed by atoms with Crippen LogP contribution >= 0.6 is 7.82 Å². The number of allylic oxidation sites excluding steroid dienone is 2. The largest absolute Gasteiger partial charge is 0.472 e. The maximum absolute atomic E-state index is 12.8. The summed E-state index contributed by atoms with van der Waals surface area (Å²) < 4.78 is 33.4. The van der Waals surface area contributed by atoms with E-state index in [0.29, 0.717) is 12.8 Å². The van der Waals surface area contributed by atoms with E-state index in [1.807, 2.05) is 0 Å². The minimum absolute atomic E-state index is 0.0895. The van der Waals surface area contributed by atoms with E-state index in [1.165, 1.54) is 77.0 Å². The Morgan fingerprint density at radius 2 is 0.963 bits per heavy atom. The predicted octanol–water partition coefficient (Wildman–Crippen LogP) is 7.11. The van der Waals surface area contributed by atoms with Crippen molar-refractivity contribution in [3.63, 3.8) is 0 Å². The maximum Gasteiger partial charge on any atom is 0.472 e. The minimum Gasteiger partial charge on any atom is -0.462 e. The van der Waals surface area contributed by atoms with E-state index >= 15 is 0 Å². The van der Waals surface area contributed by atoms with Crippen molar-refractivity contribution in [3.05, 3.63) is 12.2 Å². The van der Waals surface area contributed by atoms with Crippen molar-refractivity contribution in [1.82, 2.24) is 0 Å². The highest BCUT2D eigenvalue weighted by Gasteiger charge is 2.51. The normalized spacial score (nSPS) is 23.3. The molecule has 6 N–H and O–H groups in total. The molecule has 1 fully saturated rings. The molecule has 0 amide bonds. The molecule has 14 heteroatoms. The summed E-state index contributed by atoms with van der Waals surface area (Å²) in [7, 11) is -5.11.